The van der Waals surface area contributed by atoms with E-state index in [2.05, 4.69) is 10.1 Å². The van der Waals surface area contributed by atoms with Gasteiger partial charge in [-0.05, 0) is 33.6 Å². The molecule has 0 N–H and O–H groups in total. The SMILES string of the molecule is CCN(C(C)=O)c1nc(COC(=O)C2CCN(S(=O)(=O)c3c(C)noc3C)CC2)cs1. The predicted octanol–water partition coefficient (Wildman–Crippen LogP) is 2.26. The summed E-state index contributed by atoms with van der Waals surface area (Å²) in [7, 11) is -3.72. The van der Waals surface area contributed by atoms with Gasteiger partial charge in [-0.3, -0.25) is 14.5 Å². The van der Waals surface area contributed by atoms with E-state index in [0.717, 1.165) is 0 Å². The molecule has 3 heterocycles. The third kappa shape index (κ3) is 4.96. The van der Waals surface area contributed by atoms with Crippen LogP contribution in [-0.4, -0.2) is 54.4 Å². The smallest absolute Gasteiger partial charge is 0.309 e. The van der Waals surface area contributed by atoms with Crippen molar-refractivity contribution in [1.82, 2.24) is 14.4 Å². The highest BCUT2D eigenvalue weighted by Gasteiger charge is 2.36. The van der Waals surface area contributed by atoms with Crippen molar-refractivity contribution in [1.29, 1.82) is 0 Å². The van der Waals surface area contributed by atoms with Crippen LogP contribution in [0.1, 0.15) is 43.8 Å². The lowest BCUT2D eigenvalue weighted by Crippen LogP contribution is -2.40. The van der Waals surface area contributed by atoms with Gasteiger partial charge < -0.3 is 9.26 Å². The summed E-state index contributed by atoms with van der Waals surface area (Å²) in [5, 5.41) is 6.04. The molecule has 170 valence electrons. The summed E-state index contributed by atoms with van der Waals surface area (Å²) < 4.78 is 37.5. The number of aromatic nitrogens is 2. The van der Waals surface area contributed by atoms with Crippen molar-refractivity contribution in [2.24, 2.45) is 5.92 Å². The molecule has 12 heteroatoms. The fourth-order valence-electron chi connectivity index (χ4n) is 3.55. The Morgan fingerprint density at radius 2 is 2.00 bits per heavy atom. The molecule has 0 aliphatic carbocycles. The van der Waals surface area contributed by atoms with Crippen LogP contribution in [0.5, 0.6) is 0 Å². The first kappa shape index (κ1) is 23.4. The Morgan fingerprint density at radius 1 is 1.32 bits per heavy atom. The van der Waals surface area contributed by atoms with Crippen molar-refractivity contribution in [2.45, 2.75) is 52.0 Å². The Bertz CT molecular complexity index is 1030. The van der Waals surface area contributed by atoms with Gasteiger partial charge in [-0.1, -0.05) is 5.16 Å². The predicted molar refractivity (Wildman–Crippen MR) is 113 cm³/mol. The minimum absolute atomic E-state index is 0.0163. The van der Waals surface area contributed by atoms with E-state index in [1.165, 1.54) is 22.6 Å². The molecule has 1 aliphatic rings. The molecule has 1 amide bonds. The quantitative estimate of drug-likeness (QED) is 0.565. The summed E-state index contributed by atoms with van der Waals surface area (Å²) >= 11 is 1.32. The molecule has 0 spiro atoms. The first-order valence-electron chi connectivity index (χ1n) is 9.97. The summed E-state index contributed by atoms with van der Waals surface area (Å²) in [5.41, 5.74) is 0.902. The largest absolute Gasteiger partial charge is 0.459 e. The number of piperidine rings is 1. The Balaban J connectivity index is 1.54. The minimum atomic E-state index is -3.72. The van der Waals surface area contributed by atoms with Gasteiger partial charge in [0, 0.05) is 31.9 Å². The number of anilines is 1. The lowest BCUT2D eigenvalue weighted by Gasteiger charge is -2.29. The number of esters is 1. The van der Waals surface area contributed by atoms with E-state index in [4.69, 9.17) is 9.26 Å². The van der Waals surface area contributed by atoms with Gasteiger partial charge in [0.1, 0.15) is 17.2 Å². The van der Waals surface area contributed by atoms with E-state index < -0.39 is 10.0 Å². The maximum Gasteiger partial charge on any atom is 0.309 e. The molecule has 0 unspecified atom stereocenters. The Kier molecular flexibility index (Phi) is 7.12. The molecule has 3 rings (SSSR count). The third-order valence-electron chi connectivity index (χ3n) is 5.18. The molecule has 1 saturated heterocycles. The monoisotopic (exact) mass is 470 g/mol. The van der Waals surface area contributed by atoms with Crippen LogP contribution >= 0.6 is 11.3 Å². The molecule has 1 aliphatic heterocycles. The number of aryl methyl sites for hydroxylation is 2. The minimum Gasteiger partial charge on any atom is -0.459 e. The van der Waals surface area contributed by atoms with Crippen molar-refractivity contribution < 1.29 is 27.3 Å². The fourth-order valence-corrected chi connectivity index (χ4v) is 6.22. The van der Waals surface area contributed by atoms with Crippen LogP contribution in [0.3, 0.4) is 0 Å². The number of hydrogen-bond acceptors (Lipinski definition) is 9. The second-order valence-corrected chi connectivity index (χ2v) is 10.0. The zero-order chi connectivity index (χ0) is 22.8. The molecule has 2 aromatic rings. The van der Waals surface area contributed by atoms with E-state index >= 15 is 0 Å². The van der Waals surface area contributed by atoms with Crippen molar-refractivity contribution in [2.75, 3.05) is 24.5 Å². The van der Waals surface area contributed by atoms with Crippen molar-refractivity contribution in [3.63, 3.8) is 0 Å². The average Bonchev–Trinajstić information content (AvgIpc) is 3.33. The highest BCUT2D eigenvalue weighted by atomic mass is 32.2. The molecule has 31 heavy (non-hydrogen) atoms. The molecule has 10 nitrogen and oxygen atoms in total. The zero-order valence-electron chi connectivity index (χ0n) is 18.0. The van der Waals surface area contributed by atoms with Crippen LogP contribution in [0, 0.1) is 19.8 Å². The summed E-state index contributed by atoms with van der Waals surface area (Å²) in [6.45, 7) is 7.46. The summed E-state index contributed by atoms with van der Waals surface area (Å²) in [6, 6.07) is 0. The van der Waals surface area contributed by atoms with Crippen LogP contribution in [-0.2, 0) is 31.0 Å². The zero-order valence-corrected chi connectivity index (χ0v) is 19.6. The van der Waals surface area contributed by atoms with Crippen LogP contribution < -0.4 is 4.90 Å². The number of nitrogens with zero attached hydrogens (tertiary/aromatic N) is 4. The standard InChI is InChI=1S/C19H26N4O6S2/c1-5-23(14(4)24)19-20-16(11-30-19)10-28-18(25)15-6-8-22(9-7-15)31(26,27)17-12(2)21-29-13(17)3/h11,15H,5-10H2,1-4H3. The maximum atomic E-state index is 12.9. The number of hydrogen-bond donors (Lipinski definition) is 0. The molecular formula is C19H26N4O6S2. The lowest BCUT2D eigenvalue weighted by molar-refractivity contribution is -0.151. The highest BCUT2D eigenvalue weighted by molar-refractivity contribution is 7.89. The molecule has 1 fully saturated rings. The van der Waals surface area contributed by atoms with Gasteiger partial charge in [-0.2, -0.15) is 4.31 Å². The van der Waals surface area contributed by atoms with Crippen LogP contribution in [0.25, 0.3) is 0 Å². The van der Waals surface area contributed by atoms with Gasteiger partial charge >= 0.3 is 5.97 Å². The second kappa shape index (κ2) is 9.45. The number of ether oxygens (including phenoxy) is 1. The molecular weight excluding hydrogens is 444 g/mol. The van der Waals surface area contributed by atoms with Crippen molar-refractivity contribution in [3.05, 3.63) is 22.5 Å². The van der Waals surface area contributed by atoms with Crippen molar-refractivity contribution in [3.8, 4) is 0 Å². The van der Waals surface area contributed by atoms with Crippen LogP contribution in [0.4, 0.5) is 5.13 Å². The molecule has 0 atom stereocenters. The van der Waals surface area contributed by atoms with Crippen LogP contribution in [0.15, 0.2) is 14.8 Å². The van der Waals surface area contributed by atoms with Gasteiger partial charge in [-0.25, -0.2) is 13.4 Å². The topological polar surface area (TPSA) is 123 Å². The van der Waals surface area contributed by atoms with E-state index in [0.29, 0.717) is 35.9 Å². The number of sulfonamides is 1. The summed E-state index contributed by atoms with van der Waals surface area (Å²) in [5.74, 6) is -0.590. The number of rotatable bonds is 7. The van der Waals surface area contributed by atoms with Crippen LogP contribution in [0.2, 0.25) is 0 Å². The van der Waals surface area contributed by atoms with E-state index in [9.17, 15) is 18.0 Å². The normalized spacial score (nSPS) is 15.7. The Hall–Kier alpha value is -2.31. The molecule has 0 bridgehead atoms. The Labute approximate surface area is 185 Å². The number of carbonyl (C=O) groups excluding carboxylic acids is 2. The molecule has 0 saturated carbocycles. The molecule has 2 aromatic heterocycles. The number of amides is 1. The number of carbonyl (C=O) groups is 2. The highest BCUT2D eigenvalue weighted by Crippen LogP contribution is 2.28. The van der Waals surface area contributed by atoms with E-state index in [1.54, 1.807) is 24.1 Å². The van der Waals surface area contributed by atoms with Gasteiger partial charge in [-0.15, -0.1) is 11.3 Å². The first-order chi connectivity index (χ1) is 14.6. The summed E-state index contributed by atoms with van der Waals surface area (Å²) in [6.07, 6.45) is 0.745. The fraction of sp³-hybridized carbons (Fsp3) is 0.579. The third-order valence-corrected chi connectivity index (χ3v) is 8.24. The molecule has 0 radical (unpaired) electrons. The Morgan fingerprint density at radius 3 is 2.55 bits per heavy atom. The van der Waals surface area contributed by atoms with E-state index in [1.807, 2.05) is 6.92 Å². The number of thiazole rings is 1. The van der Waals surface area contributed by atoms with Gasteiger partial charge in [0.05, 0.1) is 11.6 Å². The lowest BCUT2D eigenvalue weighted by atomic mass is 9.98. The second-order valence-electron chi connectivity index (χ2n) is 7.32. The van der Waals surface area contributed by atoms with Gasteiger partial charge in [0.15, 0.2) is 10.9 Å². The maximum absolute atomic E-state index is 12.9. The first-order valence-corrected chi connectivity index (χ1v) is 12.3. The molecule has 0 aromatic carbocycles. The van der Waals surface area contributed by atoms with Gasteiger partial charge in [0.2, 0.25) is 15.9 Å². The van der Waals surface area contributed by atoms with Gasteiger partial charge in [0.25, 0.3) is 0 Å². The summed E-state index contributed by atoms with van der Waals surface area (Å²) in [4.78, 5) is 30.1. The van der Waals surface area contributed by atoms with E-state index in [-0.39, 0.29) is 48.1 Å². The van der Waals surface area contributed by atoms with Crippen molar-refractivity contribution >= 4 is 38.4 Å². The average molecular weight is 471 g/mol.